The Hall–Kier alpha value is -1.64. The van der Waals surface area contributed by atoms with Crippen LogP contribution in [0.25, 0.3) is 11.0 Å². The standard InChI is InChI=1S/C15H17ClN4O/c1-4-11-9(2)15(3,7-17)14(21-11)20-6-5-10-12(16)18-8-19-13(10)20/h5-6,8-9,11,14H,4H2,1-3H3/t9-,11-,14-,15-/m1/s1. The molecule has 1 aliphatic heterocycles. The minimum Gasteiger partial charge on any atom is -0.353 e. The number of nitriles is 1. The average molecular weight is 305 g/mol. The van der Waals surface area contributed by atoms with E-state index >= 15 is 0 Å². The van der Waals surface area contributed by atoms with Gasteiger partial charge < -0.3 is 9.30 Å². The van der Waals surface area contributed by atoms with Crippen molar-refractivity contribution >= 4 is 22.6 Å². The molecule has 0 spiro atoms. The van der Waals surface area contributed by atoms with Crippen LogP contribution < -0.4 is 0 Å². The summed E-state index contributed by atoms with van der Waals surface area (Å²) >= 11 is 6.10. The van der Waals surface area contributed by atoms with Crippen LogP contribution in [-0.2, 0) is 4.74 Å². The lowest BCUT2D eigenvalue weighted by Crippen LogP contribution is -2.29. The van der Waals surface area contributed by atoms with Gasteiger partial charge in [-0.25, -0.2) is 9.97 Å². The smallest absolute Gasteiger partial charge is 0.154 e. The van der Waals surface area contributed by atoms with E-state index in [1.807, 2.05) is 23.8 Å². The zero-order valence-electron chi connectivity index (χ0n) is 12.2. The Morgan fingerprint density at radius 1 is 1.52 bits per heavy atom. The minimum atomic E-state index is -0.607. The van der Waals surface area contributed by atoms with Crippen molar-refractivity contribution < 1.29 is 4.74 Å². The van der Waals surface area contributed by atoms with Gasteiger partial charge in [0.1, 0.15) is 22.5 Å². The van der Waals surface area contributed by atoms with Crippen molar-refractivity contribution in [1.29, 1.82) is 5.26 Å². The normalized spacial score (nSPS) is 32.4. The maximum absolute atomic E-state index is 9.70. The fraction of sp³-hybridized carbons (Fsp3) is 0.533. The van der Waals surface area contributed by atoms with Gasteiger partial charge in [-0.1, -0.05) is 25.4 Å². The molecule has 1 saturated heterocycles. The summed E-state index contributed by atoms with van der Waals surface area (Å²) in [6.45, 7) is 6.10. The Labute approximate surface area is 128 Å². The number of rotatable bonds is 2. The highest BCUT2D eigenvalue weighted by molar-refractivity contribution is 6.33. The predicted octanol–water partition coefficient (Wildman–Crippen LogP) is 3.56. The first-order chi connectivity index (χ1) is 10.0. The number of halogens is 1. The molecule has 4 atom stereocenters. The van der Waals surface area contributed by atoms with Gasteiger partial charge in [0.15, 0.2) is 6.23 Å². The van der Waals surface area contributed by atoms with Crippen LogP contribution in [-0.4, -0.2) is 20.6 Å². The maximum Gasteiger partial charge on any atom is 0.154 e. The summed E-state index contributed by atoms with van der Waals surface area (Å²) < 4.78 is 8.06. The number of hydrogen-bond donors (Lipinski definition) is 0. The molecule has 2 aromatic heterocycles. The number of nitrogens with zero attached hydrogens (tertiary/aromatic N) is 4. The van der Waals surface area contributed by atoms with E-state index in [9.17, 15) is 5.26 Å². The zero-order chi connectivity index (χ0) is 15.2. The fourth-order valence-corrected chi connectivity index (χ4v) is 3.32. The molecule has 1 fully saturated rings. The SMILES string of the molecule is CC[C@H]1O[C@@H](n2ccc3c(Cl)ncnc32)[C@](C)(C#N)[C@@H]1C. The van der Waals surface area contributed by atoms with Gasteiger partial charge in [-0.15, -0.1) is 0 Å². The van der Waals surface area contributed by atoms with Crippen LogP contribution in [0.2, 0.25) is 5.15 Å². The van der Waals surface area contributed by atoms with E-state index in [0.717, 1.165) is 11.8 Å². The lowest BCUT2D eigenvalue weighted by atomic mass is 9.77. The van der Waals surface area contributed by atoms with Crippen LogP contribution in [0.1, 0.15) is 33.4 Å². The van der Waals surface area contributed by atoms with Crippen LogP contribution in [0.15, 0.2) is 18.6 Å². The maximum atomic E-state index is 9.70. The van der Waals surface area contributed by atoms with E-state index in [1.54, 1.807) is 0 Å². The van der Waals surface area contributed by atoms with E-state index < -0.39 is 5.41 Å². The Balaban J connectivity index is 2.14. The Bertz CT molecular complexity index is 722. The van der Waals surface area contributed by atoms with E-state index in [-0.39, 0.29) is 18.2 Å². The van der Waals surface area contributed by atoms with Gasteiger partial charge in [0.2, 0.25) is 0 Å². The van der Waals surface area contributed by atoms with Crippen molar-refractivity contribution in [3.8, 4) is 6.07 Å². The van der Waals surface area contributed by atoms with Crippen LogP contribution in [0.3, 0.4) is 0 Å². The van der Waals surface area contributed by atoms with E-state index in [1.165, 1.54) is 6.33 Å². The quantitative estimate of drug-likeness (QED) is 0.796. The van der Waals surface area contributed by atoms with Crippen molar-refractivity contribution in [3.05, 3.63) is 23.7 Å². The molecular formula is C15H17ClN4O. The largest absolute Gasteiger partial charge is 0.353 e. The third kappa shape index (κ3) is 1.94. The number of hydrogen-bond acceptors (Lipinski definition) is 4. The monoisotopic (exact) mass is 304 g/mol. The van der Waals surface area contributed by atoms with Crippen molar-refractivity contribution in [3.63, 3.8) is 0 Å². The molecule has 0 N–H and O–H groups in total. The first kappa shape index (κ1) is 14.3. The molecule has 5 nitrogen and oxygen atoms in total. The van der Waals surface area contributed by atoms with Crippen molar-refractivity contribution in [2.24, 2.45) is 11.3 Å². The third-order valence-corrected chi connectivity index (χ3v) is 4.98. The Morgan fingerprint density at radius 2 is 2.29 bits per heavy atom. The summed E-state index contributed by atoms with van der Waals surface area (Å²) in [5, 5.41) is 10.9. The summed E-state index contributed by atoms with van der Waals surface area (Å²) in [7, 11) is 0. The van der Waals surface area contributed by atoms with Crippen molar-refractivity contribution in [2.45, 2.75) is 39.5 Å². The molecule has 0 saturated carbocycles. The molecule has 3 rings (SSSR count). The van der Waals surface area contributed by atoms with Crippen LogP contribution in [0.5, 0.6) is 0 Å². The Kier molecular flexibility index (Phi) is 3.39. The van der Waals surface area contributed by atoms with E-state index in [2.05, 4.69) is 29.9 Å². The summed E-state index contributed by atoms with van der Waals surface area (Å²) in [6.07, 6.45) is 3.88. The first-order valence-corrected chi connectivity index (χ1v) is 7.44. The van der Waals surface area contributed by atoms with Crippen LogP contribution in [0, 0.1) is 22.7 Å². The van der Waals surface area contributed by atoms with Crippen molar-refractivity contribution in [2.75, 3.05) is 0 Å². The molecule has 3 heterocycles. The molecule has 0 aliphatic carbocycles. The summed E-state index contributed by atoms with van der Waals surface area (Å²) in [6, 6.07) is 4.31. The minimum absolute atomic E-state index is 0.0643. The summed E-state index contributed by atoms with van der Waals surface area (Å²) in [4.78, 5) is 8.29. The van der Waals surface area contributed by atoms with Gasteiger partial charge in [-0.2, -0.15) is 5.26 Å². The molecule has 0 bridgehead atoms. The highest BCUT2D eigenvalue weighted by Gasteiger charge is 2.52. The predicted molar refractivity (Wildman–Crippen MR) is 79.6 cm³/mol. The van der Waals surface area contributed by atoms with Crippen molar-refractivity contribution in [1.82, 2.24) is 14.5 Å². The molecule has 6 heteroatoms. The number of aromatic nitrogens is 3. The molecule has 110 valence electrons. The van der Waals surface area contributed by atoms with Gasteiger partial charge in [-0.3, -0.25) is 0 Å². The highest BCUT2D eigenvalue weighted by Crippen LogP contribution is 2.50. The van der Waals surface area contributed by atoms with Gasteiger partial charge in [0.25, 0.3) is 0 Å². The average Bonchev–Trinajstić information content (AvgIpc) is 3.01. The van der Waals surface area contributed by atoms with Crippen LogP contribution >= 0.6 is 11.6 Å². The molecular weight excluding hydrogens is 288 g/mol. The molecule has 0 unspecified atom stereocenters. The van der Waals surface area contributed by atoms with Gasteiger partial charge in [-0.05, 0) is 19.4 Å². The van der Waals surface area contributed by atoms with Crippen LogP contribution in [0.4, 0.5) is 0 Å². The second-order valence-corrected chi connectivity index (χ2v) is 6.10. The summed E-state index contributed by atoms with van der Waals surface area (Å²) in [5.74, 6) is 0.146. The molecule has 0 amide bonds. The number of ether oxygens (including phenoxy) is 1. The molecule has 1 aliphatic rings. The fourth-order valence-electron chi connectivity index (χ4n) is 3.13. The molecule has 0 aromatic carbocycles. The van der Waals surface area contributed by atoms with Gasteiger partial charge >= 0.3 is 0 Å². The molecule has 2 aromatic rings. The molecule has 21 heavy (non-hydrogen) atoms. The second kappa shape index (κ2) is 4.97. The van der Waals surface area contributed by atoms with Gasteiger partial charge in [0, 0.05) is 12.1 Å². The number of fused-ring (bicyclic) bond motifs is 1. The Morgan fingerprint density at radius 3 is 2.95 bits per heavy atom. The lowest BCUT2D eigenvalue weighted by molar-refractivity contribution is -0.0217. The van der Waals surface area contributed by atoms with E-state index in [0.29, 0.717) is 10.8 Å². The highest BCUT2D eigenvalue weighted by atomic mass is 35.5. The lowest BCUT2D eigenvalue weighted by Gasteiger charge is -2.27. The first-order valence-electron chi connectivity index (χ1n) is 7.06. The molecule has 0 radical (unpaired) electrons. The third-order valence-electron chi connectivity index (χ3n) is 4.68. The second-order valence-electron chi connectivity index (χ2n) is 5.74. The zero-order valence-corrected chi connectivity index (χ0v) is 13.0. The topological polar surface area (TPSA) is 63.7 Å². The summed E-state index contributed by atoms with van der Waals surface area (Å²) in [5.41, 5.74) is 0.0924. The van der Waals surface area contributed by atoms with Gasteiger partial charge in [0.05, 0.1) is 17.6 Å². The van der Waals surface area contributed by atoms with E-state index in [4.69, 9.17) is 16.3 Å².